The normalized spacial score (nSPS) is 17.8. The maximum Gasteiger partial charge on any atom is 0.338 e. The van der Waals surface area contributed by atoms with Gasteiger partial charge in [0.1, 0.15) is 11.8 Å². The van der Waals surface area contributed by atoms with Crippen LogP contribution in [0.4, 0.5) is 16.2 Å². The van der Waals surface area contributed by atoms with Gasteiger partial charge < -0.3 is 24.7 Å². The minimum atomic E-state index is -0.799. The van der Waals surface area contributed by atoms with Crippen molar-refractivity contribution < 1.29 is 23.7 Å². The fraction of sp³-hybridized carbons (Fsp3) is 0.333. The molecule has 1 aromatic carbocycles. The highest BCUT2D eigenvalue weighted by Crippen LogP contribution is 2.36. The summed E-state index contributed by atoms with van der Waals surface area (Å²) >= 11 is 0. The predicted molar refractivity (Wildman–Crippen MR) is 111 cm³/mol. The topological polar surface area (TPSA) is 127 Å². The van der Waals surface area contributed by atoms with E-state index < -0.39 is 23.0 Å². The number of anilines is 1. The molecular weight excluding hydrogens is 404 g/mol. The molecule has 3 heterocycles. The van der Waals surface area contributed by atoms with Crippen molar-refractivity contribution in [1.82, 2.24) is 10.6 Å². The van der Waals surface area contributed by atoms with Gasteiger partial charge in [0, 0.05) is 23.9 Å². The van der Waals surface area contributed by atoms with Crippen molar-refractivity contribution in [1.29, 1.82) is 0 Å². The van der Waals surface area contributed by atoms with E-state index in [0.29, 0.717) is 30.0 Å². The second kappa shape index (κ2) is 8.13. The predicted octanol–water partition coefficient (Wildman–Crippen LogP) is 2.73. The smallest absolute Gasteiger partial charge is 0.338 e. The van der Waals surface area contributed by atoms with E-state index in [1.54, 1.807) is 32.0 Å². The molecule has 0 saturated carbocycles. The van der Waals surface area contributed by atoms with E-state index in [1.807, 2.05) is 11.0 Å². The van der Waals surface area contributed by atoms with Crippen LogP contribution in [0.5, 0.6) is 0 Å². The number of furan rings is 1. The molecule has 1 unspecified atom stereocenters. The number of rotatable bonds is 6. The lowest BCUT2D eigenvalue weighted by molar-refractivity contribution is -0.385. The van der Waals surface area contributed by atoms with Crippen LogP contribution in [0.2, 0.25) is 0 Å². The van der Waals surface area contributed by atoms with Crippen LogP contribution < -0.4 is 15.5 Å². The Bertz CT molecular complexity index is 1080. The van der Waals surface area contributed by atoms with E-state index in [9.17, 15) is 19.7 Å². The number of aryl methyl sites for hydroxylation is 1. The number of nitrogens with zero attached hydrogens (tertiary/aromatic N) is 2. The summed E-state index contributed by atoms with van der Waals surface area (Å²) in [6, 6.07) is 5.44. The first kappa shape index (κ1) is 20.5. The fourth-order valence-corrected chi connectivity index (χ4v) is 4.03. The molecule has 0 spiro atoms. The summed E-state index contributed by atoms with van der Waals surface area (Å²) < 4.78 is 10.7. The Morgan fingerprint density at radius 1 is 1.42 bits per heavy atom. The van der Waals surface area contributed by atoms with Crippen LogP contribution in [0.15, 0.2) is 46.2 Å². The molecule has 4 rings (SSSR count). The molecule has 10 heteroatoms. The molecule has 1 atom stereocenters. The van der Waals surface area contributed by atoms with Crippen molar-refractivity contribution in [3.8, 4) is 0 Å². The maximum absolute atomic E-state index is 12.8. The van der Waals surface area contributed by atoms with Crippen LogP contribution in [-0.2, 0) is 16.0 Å². The van der Waals surface area contributed by atoms with Crippen molar-refractivity contribution in [2.45, 2.75) is 26.3 Å². The number of benzene rings is 1. The molecule has 0 saturated heterocycles. The van der Waals surface area contributed by atoms with E-state index >= 15 is 0 Å². The molecule has 0 bridgehead atoms. The number of nitrogens with one attached hydrogen (secondary N) is 2. The first-order valence-electron chi connectivity index (χ1n) is 9.93. The second-order valence-electron chi connectivity index (χ2n) is 7.36. The Labute approximate surface area is 178 Å². The Balaban J connectivity index is 1.74. The lowest BCUT2D eigenvalue weighted by atomic mass is 9.99. The lowest BCUT2D eigenvalue weighted by Crippen LogP contribution is -2.48. The van der Waals surface area contributed by atoms with Crippen molar-refractivity contribution in [3.05, 3.63) is 68.8 Å². The Hall–Kier alpha value is -3.82. The van der Waals surface area contributed by atoms with Crippen LogP contribution in [0, 0.1) is 17.0 Å². The molecular formula is C21H22N4O6. The SMILES string of the molecule is CCOC(=O)C1=C(CN2CCc3cc(C)c([N+](=O)[O-])cc32)NC(=O)NC1c1ccco1. The quantitative estimate of drug-likeness (QED) is 0.413. The first-order valence-corrected chi connectivity index (χ1v) is 9.93. The summed E-state index contributed by atoms with van der Waals surface area (Å²) in [5.74, 6) is -0.163. The molecule has 10 nitrogen and oxygen atoms in total. The second-order valence-corrected chi connectivity index (χ2v) is 7.36. The zero-order valence-corrected chi connectivity index (χ0v) is 17.1. The number of carbonyl (C=O) groups is 2. The molecule has 162 valence electrons. The Morgan fingerprint density at radius 3 is 2.90 bits per heavy atom. The zero-order valence-electron chi connectivity index (χ0n) is 17.1. The van der Waals surface area contributed by atoms with Crippen LogP contribution in [0.3, 0.4) is 0 Å². The third kappa shape index (κ3) is 3.83. The highest BCUT2D eigenvalue weighted by atomic mass is 16.6. The van der Waals surface area contributed by atoms with Gasteiger partial charge in [-0.25, -0.2) is 9.59 Å². The summed E-state index contributed by atoms with van der Waals surface area (Å²) in [6.07, 6.45) is 2.17. The molecule has 0 radical (unpaired) electrons. The van der Waals surface area contributed by atoms with Crippen LogP contribution in [0.1, 0.15) is 29.9 Å². The number of urea groups is 1. The summed E-state index contributed by atoms with van der Waals surface area (Å²) in [7, 11) is 0. The average Bonchev–Trinajstić information content (AvgIpc) is 3.37. The van der Waals surface area contributed by atoms with Gasteiger partial charge in [-0.2, -0.15) is 0 Å². The fourth-order valence-electron chi connectivity index (χ4n) is 4.03. The molecule has 2 aliphatic heterocycles. The number of carbonyl (C=O) groups excluding carboxylic acids is 2. The summed E-state index contributed by atoms with van der Waals surface area (Å²) in [4.78, 5) is 38.1. The lowest BCUT2D eigenvalue weighted by Gasteiger charge is -2.30. The zero-order chi connectivity index (χ0) is 22.1. The third-order valence-electron chi connectivity index (χ3n) is 5.41. The largest absolute Gasteiger partial charge is 0.467 e. The van der Waals surface area contributed by atoms with Crippen LogP contribution in [-0.4, -0.2) is 36.6 Å². The average molecular weight is 426 g/mol. The Morgan fingerprint density at radius 2 is 2.23 bits per heavy atom. The van der Waals surface area contributed by atoms with Gasteiger partial charge in [-0.3, -0.25) is 10.1 Å². The molecule has 2 N–H and O–H groups in total. The highest BCUT2D eigenvalue weighted by molar-refractivity contribution is 5.95. The summed E-state index contributed by atoms with van der Waals surface area (Å²) in [5, 5.41) is 16.8. The van der Waals surface area contributed by atoms with Gasteiger partial charge in [0.2, 0.25) is 0 Å². The highest BCUT2D eigenvalue weighted by Gasteiger charge is 2.36. The number of nitro benzene ring substituents is 1. The van der Waals surface area contributed by atoms with Gasteiger partial charge >= 0.3 is 12.0 Å². The summed E-state index contributed by atoms with van der Waals surface area (Å²) in [6.45, 7) is 4.37. The van der Waals surface area contributed by atoms with Gasteiger partial charge in [0.15, 0.2) is 0 Å². The van der Waals surface area contributed by atoms with E-state index in [2.05, 4.69) is 10.6 Å². The molecule has 1 aromatic heterocycles. The van der Waals surface area contributed by atoms with E-state index in [0.717, 1.165) is 11.3 Å². The monoisotopic (exact) mass is 426 g/mol. The van der Waals surface area contributed by atoms with Gasteiger partial charge in [-0.15, -0.1) is 0 Å². The van der Waals surface area contributed by atoms with E-state index in [1.165, 1.54) is 6.26 Å². The number of esters is 1. The van der Waals surface area contributed by atoms with Crippen LogP contribution >= 0.6 is 0 Å². The molecule has 2 aliphatic rings. The van der Waals surface area contributed by atoms with Crippen LogP contribution in [0.25, 0.3) is 0 Å². The van der Waals surface area contributed by atoms with E-state index in [-0.39, 0.29) is 24.4 Å². The van der Waals surface area contributed by atoms with Gasteiger partial charge in [-0.1, -0.05) is 0 Å². The first-order chi connectivity index (χ1) is 14.9. The van der Waals surface area contributed by atoms with Crippen molar-refractivity contribution >= 4 is 23.4 Å². The number of hydrogen-bond acceptors (Lipinski definition) is 7. The van der Waals surface area contributed by atoms with Crippen molar-refractivity contribution in [3.63, 3.8) is 0 Å². The van der Waals surface area contributed by atoms with Crippen molar-refractivity contribution in [2.24, 2.45) is 0 Å². The van der Waals surface area contributed by atoms with Gasteiger partial charge in [0.25, 0.3) is 5.69 Å². The number of nitro groups is 1. The van der Waals surface area contributed by atoms with Crippen molar-refractivity contribution in [2.75, 3.05) is 24.6 Å². The number of amides is 2. The minimum absolute atomic E-state index is 0.0352. The Kier molecular flexibility index (Phi) is 5.37. The molecule has 0 aliphatic carbocycles. The van der Waals surface area contributed by atoms with E-state index in [4.69, 9.17) is 9.15 Å². The summed E-state index contributed by atoms with van der Waals surface area (Å²) in [5.41, 5.74) is 2.96. The molecule has 31 heavy (non-hydrogen) atoms. The number of ether oxygens (including phenoxy) is 1. The molecule has 0 fully saturated rings. The van der Waals surface area contributed by atoms with Gasteiger partial charge in [-0.05, 0) is 44.0 Å². The van der Waals surface area contributed by atoms with Gasteiger partial charge in [0.05, 0.1) is 35.6 Å². The maximum atomic E-state index is 12.8. The third-order valence-corrected chi connectivity index (χ3v) is 5.41. The standard InChI is InChI=1S/C21H22N4O6/c1-3-30-20(26)18-14(22-21(27)23-19(18)17-5-4-8-31-17)11-24-7-6-13-9-12(2)15(25(28)29)10-16(13)24/h4-5,8-10,19H,3,6-7,11H2,1-2H3,(H2,22,23,27). The minimum Gasteiger partial charge on any atom is -0.467 e. The molecule has 2 amide bonds. The number of hydrogen-bond donors (Lipinski definition) is 2. The molecule has 2 aromatic rings. The number of fused-ring (bicyclic) bond motifs is 1.